The van der Waals surface area contributed by atoms with Crippen molar-refractivity contribution in [3.63, 3.8) is 0 Å². The SMILES string of the molecule is CCCCCCC/C=C\C/C=C\CCCCCCCCCCCCCCCCCCCCCCCCCCCC(=O)OC(COC(=O)CCCCCCCCCCCCCCC/C=C\C/C=C\CCCCCCC)COP(=O)([O-])OCC[N+](C)(C)C. The van der Waals surface area contributed by atoms with E-state index in [1.54, 1.807) is 0 Å². The highest BCUT2D eigenvalue weighted by molar-refractivity contribution is 7.45. The summed E-state index contributed by atoms with van der Waals surface area (Å²) < 4.78 is 34.4. The van der Waals surface area contributed by atoms with Crippen LogP contribution in [0.3, 0.4) is 0 Å². The molecule has 0 aliphatic heterocycles. The summed E-state index contributed by atoms with van der Waals surface area (Å²) >= 11 is 0. The number of phosphoric ester groups is 1. The van der Waals surface area contributed by atoms with Crippen molar-refractivity contribution in [1.29, 1.82) is 0 Å². The molecule has 0 aliphatic carbocycles. The highest BCUT2D eigenvalue weighted by Gasteiger charge is 2.22. The monoisotopic (exact) mass is 1230 g/mol. The van der Waals surface area contributed by atoms with E-state index in [9.17, 15) is 19.0 Å². The first-order valence-corrected chi connectivity index (χ1v) is 38.8. The molecule has 0 aromatic heterocycles. The third-order valence-corrected chi connectivity index (χ3v) is 17.8. The summed E-state index contributed by atoms with van der Waals surface area (Å²) in [6.45, 7) is 4.28. The molecular weight excluding hydrogens is 1090 g/mol. The number of hydrogen-bond donors (Lipinski definition) is 0. The van der Waals surface area contributed by atoms with Gasteiger partial charge in [-0.25, -0.2) is 0 Å². The van der Waals surface area contributed by atoms with Crippen LogP contribution in [-0.4, -0.2) is 70.0 Å². The van der Waals surface area contributed by atoms with Gasteiger partial charge in [-0.15, -0.1) is 0 Å². The van der Waals surface area contributed by atoms with Crippen LogP contribution in [-0.2, 0) is 32.7 Å². The van der Waals surface area contributed by atoms with Gasteiger partial charge in [0.15, 0.2) is 6.10 Å². The van der Waals surface area contributed by atoms with Crippen molar-refractivity contribution in [2.75, 3.05) is 47.5 Å². The Hall–Kier alpha value is -2.03. The zero-order chi connectivity index (χ0) is 62.6. The topological polar surface area (TPSA) is 111 Å². The van der Waals surface area contributed by atoms with E-state index in [4.69, 9.17) is 18.5 Å². The van der Waals surface area contributed by atoms with Gasteiger partial charge in [-0.05, 0) is 77.0 Å². The van der Waals surface area contributed by atoms with Crippen LogP contribution in [0.25, 0.3) is 0 Å². The van der Waals surface area contributed by atoms with E-state index in [2.05, 4.69) is 62.5 Å². The largest absolute Gasteiger partial charge is 0.756 e. The number of nitrogens with zero attached hydrogens (tertiary/aromatic N) is 1. The fraction of sp³-hybridized carbons (Fsp3) is 0.868. The van der Waals surface area contributed by atoms with Crippen LogP contribution in [0.5, 0.6) is 0 Å². The Kier molecular flexibility index (Phi) is 65.8. The van der Waals surface area contributed by atoms with Gasteiger partial charge in [0.1, 0.15) is 19.8 Å². The van der Waals surface area contributed by atoms with Gasteiger partial charge in [0.05, 0.1) is 27.7 Å². The minimum Gasteiger partial charge on any atom is -0.756 e. The number of ether oxygens (including phenoxy) is 2. The maximum Gasteiger partial charge on any atom is 0.306 e. The average Bonchev–Trinajstić information content (AvgIpc) is 3.67. The molecule has 0 aromatic rings. The normalized spacial score (nSPS) is 13.3. The number of hydrogen-bond acceptors (Lipinski definition) is 8. The van der Waals surface area contributed by atoms with Gasteiger partial charge in [0.25, 0.3) is 7.82 Å². The molecule has 86 heavy (non-hydrogen) atoms. The lowest BCUT2D eigenvalue weighted by molar-refractivity contribution is -0.870. The standard InChI is InChI=1S/C76H144NO8P/c1-6-8-10-12-14-16-18-20-22-24-26-28-30-32-33-34-35-36-37-38-39-40-41-42-43-45-47-49-51-53-55-57-59-61-63-65-67-69-76(79)85-74(73-84-86(80,81)83-71-70-77(3,4)5)72-82-75(78)68-66-64-62-60-58-56-54-52-50-48-46-44-31-29-27-25-23-21-19-17-15-13-11-9-7-2/h18-21,24-27,74H,6-17,22-23,28-73H2,1-5H3/b20-18-,21-19-,26-24-,27-25-. The molecule has 0 spiro atoms. The van der Waals surface area contributed by atoms with Crippen molar-refractivity contribution >= 4 is 19.8 Å². The summed E-state index contributed by atoms with van der Waals surface area (Å²) in [5.74, 6) is -0.814. The van der Waals surface area contributed by atoms with Crippen LogP contribution >= 0.6 is 7.82 Å². The summed E-state index contributed by atoms with van der Waals surface area (Å²) in [5.41, 5.74) is 0. The smallest absolute Gasteiger partial charge is 0.306 e. The van der Waals surface area contributed by atoms with Gasteiger partial charge in [-0.2, -0.15) is 0 Å². The Morgan fingerprint density at radius 1 is 0.360 bits per heavy atom. The number of unbranched alkanes of at least 4 members (excludes halogenated alkanes) is 48. The average molecular weight is 1230 g/mol. The molecule has 0 saturated carbocycles. The fourth-order valence-corrected chi connectivity index (χ4v) is 11.8. The van der Waals surface area contributed by atoms with E-state index in [1.807, 2.05) is 21.1 Å². The van der Waals surface area contributed by atoms with E-state index in [0.29, 0.717) is 17.4 Å². The molecule has 2 atom stereocenters. The predicted octanol–water partition coefficient (Wildman–Crippen LogP) is 23.8. The molecule has 0 amide bonds. The van der Waals surface area contributed by atoms with Crippen molar-refractivity contribution in [2.24, 2.45) is 0 Å². The fourth-order valence-electron chi connectivity index (χ4n) is 11.1. The third-order valence-electron chi connectivity index (χ3n) is 16.8. The highest BCUT2D eigenvalue weighted by Crippen LogP contribution is 2.38. The van der Waals surface area contributed by atoms with Crippen LogP contribution < -0.4 is 4.89 Å². The van der Waals surface area contributed by atoms with Crippen molar-refractivity contribution in [1.82, 2.24) is 0 Å². The van der Waals surface area contributed by atoms with Crippen LogP contribution in [0, 0.1) is 0 Å². The van der Waals surface area contributed by atoms with Crippen LogP contribution in [0.4, 0.5) is 0 Å². The Balaban J connectivity index is 3.94. The lowest BCUT2D eigenvalue weighted by atomic mass is 10.0. The molecule has 2 unspecified atom stereocenters. The van der Waals surface area contributed by atoms with Crippen molar-refractivity contribution < 1.29 is 42.1 Å². The zero-order valence-corrected chi connectivity index (χ0v) is 58.7. The zero-order valence-electron chi connectivity index (χ0n) is 57.8. The Morgan fingerprint density at radius 2 is 0.628 bits per heavy atom. The lowest BCUT2D eigenvalue weighted by Gasteiger charge is -2.28. The number of likely N-dealkylation sites (N-methyl/N-ethyl adjacent to an activating group) is 1. The van der Waals surface area contributed by atoms with Crippen LogP contribution in [0.1, 0.15) is 373 Å². The lowest BCUT2D eigenvalue weighted by Crippen LogP contribution is -2.37. The van der Waals surface area contributed by atoms with Gasteiger partial charge < -0.3 is 27.9 Å². The number of rotatable bonds is 70. The number of allylic oxidation sites excluding steroid dienone is 8. The Bertz CT molecular complexity index is 1590. The first kappa shape index (κ1) is 84.0. The van der Waals surface area contributed by atoms with Gasteiger partial charge in [-0.3, -0.25) is 14.2 Å². The van der Waals surface area contributed by atoms with E-state index < -0.39 is 26.5 Å². The summed E-state index contributed by atoms with van der Waals surface area (Å²) in [7, 11) is 1.18. The third kappa shape index (κ3) is 71.1. The minimum absolute atomic E-state index is 0.0289. The van der Waals surface area contributed by atoms with Gasteiger partial charge in [-0.1, -0.05) is 332 Å². The first-order valence-electron chi connectivity index (χ1n) is 37.3. The van der Waals surface area contributed by atoms with Crippen molar-refractivity contribution in [2.45, 2.75) is 380 Å². The predicted molar refractivity (Wildman–Crippen MR) is 370 cm³/mol. The molecule has 0 saturated heterocycles. The quantitative estimate of drug-likeness (QED) is 0.0195. The molecule has 0 fully saturated rings. The molecule has 0 heterocycles. The number of carbonyl (C=O) groups is 2. The van der Waals surface area contributed by atoms with E-state index >= 15 is 0 Å². The van der Waals surface area contributed by atoms with Crippen LogP contribution in [0.2, 0.25) is 0 Å². The maximum atomic E-state index is 12.9. The summed E-state index contributed by atoms with van der Waals surface area (Å²) in [4.78, 5) is 38.1. The molecule has 0 rings (SSSR count). The molecule has 506 valence electrons. The number of quaternary nitrogens is 1. The first-order chi connectivity index (χ1) is 42.0. The van der Waals surface area contributed by atoms with Gasteiger partial charge >= 0.3 is 11.9 Å². The van der Waals surface area contributed by atoms with Gasteiger partial charge in [0.2, 0.25) is 0 Å². The molecule has 0 bridgehead atoms. The molecule has 10 heteroatoms. The second-order valence-corrected chi connectivity index (χ2v) is 28.1. The van der Waals surface area contributed by atoms with Crippen LogP contribution in [0.15, 0.2) is 48.6 Å². The van der Waals surface area contributed by atoms with Crippen molar-refractivity contribution in [3.05, 3.63) is 48.6 Å². The molecule has 0 aliphatic rings. The van der Waals surface area contributed by atoms with E-state index in [-0.39, 0.29) is 32.0 Å². The second-order valence-electron chi connectivity index (χ2n) is 26.7. The van der Waals surface area contributed by atoms with E-state index in [1.165, 1.54) is 295 Å². The molecule has 0 aromatic carbocycles. The molecular formula is C76H144NO8P. The summed E-state index contributed by atoms with van der Waals surface area (Å²) in [6.07, 6.45) is 87.9. The van der Waals surface area contributed by atoms with E-state index in [0.717, 1.165) is 44.9 Å². The minimum atomic E-state index is -4.64. The molecule has 9 nitrogen and oxygen atoms in total. The Morgan fingerprint density at radius 3 is 0.919 bits per heavy atom. The molecule has 0 N–H and O–H groups in total. The number of carbonyl (C=O) groups excluding carboxylic acids is 2. The number of esters is 2. The summed E-state index contributed by atoms with van der Waals surface area (Å²) in [5, 5.41) is 0. The van der Waals surface area contributed by atoms with Gasteiger partial charge in [0, 0.05) is 12.8 Å². The number of phosphoric acid groups is 1. The summed E-state index contributed by atoms with van der Waals surface area (Å²) in [6, 6.07) is 0. The highest BCUT2D eigenvalue weighted by atomic mass is 31.2. The second kappa shape index (κ2) is 67.4. The van der Waals surface area contributed by atoms with Crippen molar-refractivity contribution in [3.8, 4) is 0 Å². The Labute approximate surface area is 534 Å². The molecule has 0 radical (unpaired) electrons. The maximum absolute atomic E-state index is 12.9.